The topological polar surface area (TPSA) is 22.4 Å². The van der Waals surface area contributed by atoms with Crippen molar-refractivity contribution in [3.05, 3.63) is 30.0 Å². The number of furan rings is 1. The molecule has 0 N–H and O–H groups in total. The molecule has 0 bridgehead atoms. The van der Waals surface area contributed by atoms with Gasteiger partial charge in [0.15, 0.2) is 5.76 Å². The second kappa shape index (κ2) is 6.84. The van der Waals surface area contributed by atoms with Crippen LogP contribution in [0.2, 0.25) is 16.6 Å². The Hall–Kier alpha value is -1.66. The van der Waals surface area contributed by atoms with Crippen LogP contribution in [0.15, 0.2) is 28.7 Å². The second-order valence-electron chi connectivity index (χ2n) is 7.16. The highest BCUT2D eigenvalue weighted by atomic mass is 28.3. The molecule has 0 unspecified atom stereocenters. The fraction of sp³-hybridized carbons (Fsp3) is 0.500. The molecule has 3 heteroatoms. The summed E-state index contributed by atoms with van der Waals surface area (Å²) in [6, 6.07) is 7.86. The highest BCUT2D eigenvalue weighted by Crippen LogP contribution is 2.40. The lowest BCUT2D eigenvalue weighted by molar-refractivity contribution is 0.415. The molecule has 0 atom stereocenters. The number of fused-ring (bicyclic) bond motifs is 1. The maximum Gasteiger partial charge on any atom is 0.177 e. The van der Waals surface area contributed by atoms with Crippen molar-refractivity contribution in [1.82, 2.24) is 0 Å². The van der Waals surface area contributed by atoms with Crippen LogP contribution >= 0.6 is 0 Å². The van der Waals surface area contributed by atoms with E-state index in [0.29, 0.717) is 16.6 Å². The first-order valence-electron chi connectivity index (χ1n) is 8.42. The Kier molecular flexibility index (Phi) is 5.26. The lowest BCUT2D eigenvalue weighted by Gasteiger charge is -2.37. The monoisotopic (exact) mass is 328 g/mol. The number of ether oxygens (including phenoxy) is 1. The lowest BCUT2D eigenvalue weighted by Crippen LogP contribution is -2.43. The maximum absolute atomic E-state index is 5.90. The van der Waals surface area contributed by atoms with Crippen LogP contribution in [-0.2, 0) is 0 Å². The van der Waals surface area contributed by atoms with Crippen molar-refractivity contribution >= 4 is 19.0 Å². The molecule has 2 nitrogen and oxygen atoms in total. The molecular weight excluding hydrogens is 300 g/mol. The van der Waals surface area contributed by atoms with E-state index < -0.39 is 8.07 Å². The Morgan fingerprint density at radius 2 is 1.57 bits per heavy atom. The van der Waals surface area contributed by atoms with Gasteiger partial charge in [-0.05, 0) is 40.7 Å². The number of methoxy groups -OCH3 is 1. The quantitative estimate of drug-likeness (QED) is 0.506. The van der Waals surface area contributed by atoms with Gasteiger partial charge in [0.2, 0.25) is 0 Å². The third kappa shape index (κ3) is 3.33. The van der Waals surface area contributed by atoms with Crippen molar-refractivity contribution in [1.29, 1.82) is 0 Å². The zero-order valence-electron chi connectivity index (χ0n) is 15.4. The third-order valence-electron chi connectivity index (χ3n) is 4.99. The average Bonchev–Trinajstić information content (AvgIpc) is 2.88. The van der Waals surface area contributed by atoms with Crippen LogP contribution in [0.1, 0.15) is 47.3 Å². The van der Waals surface area contributed by atoms with E-state index in [0.717, 1.165) is 22.5 Å². The number of rotatable bonds is 4. The van der Waals surface area contributed by atoms with Gasteiger partial charge in [-0.25, -0.2) is 0 Å². The van der Waals surface area contributed by atoms with Crippen molar-refractivity contribution in [2.24, 2.45) is 0 Å². The minimum absolute atomic E-state index is 0.625. The van der Waals surface area contributed by atoms with Gasteiger partial charge in [0.05, 0.1) is 7.11 Å². The van der Waals surface area contributed by atoms with E-state index in [4.69, 9.17) is 9.15 Å². The summed E-state index contributed by atoms with van der Waals surface area (Å²) in [5.74, 6) is 4.96. The Morgan fingerprint density at radius 3 is 2.09 bits per heavy atom. The predicted molar refractivity (Wildman–Crippen MR) is 101 cm³/mol. The van der Waals surface area contributed by atoms with Crippen molar-refractivity contribution in [2.45, 2.75) is 58.2 Å². The fourth-order valence-electron chi connectivity index (χ4n) is 3.81. The van der Waals surface area contributed by atoms with E-state index in [1.54, 1.807) is 7.11 Å². The van der Waals surface area contributed by atoms with Crippen LogP contribution in [0.25, 0.3) is 11.0 Å². The molecule has 2 aromatic rings. The van der Waals surface area contributed by atoms with Gasteiger partial charge in [-0.3, -0.25) is 0 Å². The van der Waals surface area contributed by atoms with Crippen LogP contribution in [0.3, 0.4) is 0 Å². The summed E-state index contributed by atoms with van der Waals surface area (Å²) in [4.78, 5) is 0. The van der Waals surface area contributed by atoms with Gasteiger partial charge in [-0.1, -0.05) is 41.5 Å². The largest absolute Gasteiger partial charge is 0.497 e. The Morgan fingerprint density at radius 1 is 0.957 bits per heavy atom. The zero-order chi connectivity index (χ0) is 17.2. The van der Waals surface area contributed by atoms with Crippen LogP contribution in [-0.4, -0.2) is 15.2 Å². The van der Waals surface area contributed by atoms with Gasteiger partial charge in [0.1, 0.15) is 19.4 Å². The molecule has 2 rings (SSSR count). The molecule has 0 aliphatic heterocycles. The van der Waals surface area contributed by atoms with Gasteiger partial charge in [0.25, 0.3) is 0 Å². The molecule has 1 heterocycles. The summed E-state index contributed by atoms with van der Waals surface area (Å²) in [5, 5.41) is 1.04. The Labute approximate surface area is 141 Å². The van der Waals surface area contributed by atoms with E-state index in [9.17, 15) is 0 Å². The molecule has 0 spiro atoms. The first kappa shape index (κ1) is 17.7. The van der Waals surface area contributed by atoms with Crippen LogP contribution in [0, 0.1) is 11.5 Å². The number of benzene rings is 1. The van der Waals surface area contributed by atoms with E-state index in [1.807, 2.05) is 24.3 Å². The molecule has 0 radical (unpaired) electrons. The fourth-order valence-corrected chi connectivity index (χ4v) is 9.02. The summed E-state index contributed by atoms with van der Waals surface area (Å²) < 4.78 is 11.2. The molecule has 0 aliphatic carbocycles. The molecule has 23 heavy (non-hydrogen) atoms. The lowest BCUT2D eigenvalue weighted by atomic mass is 10.2. The maximum atomic E-state index is 5.90. The Balaban J connectivity index is 2.46. The van der Waals surface area contributed by atoms with Gasteiger partial charge < -0.3 is 9.15 Å². The second-order valence-corrected chi connectivity index (χ2v) is 12.7. The highest BCUT2D eigenvalue weighted by Gasteiger charge is 2.41. The minimum atomic E-state index is -1.72. The normalized spacial score (nSPS) is 12.1. The van der Waals surface area contributed by atoms with E-state index >= 15 is 0 Å². The van der Waals surface area contributed by atoms with Gasteiger partial charge in [-0.15, -0.1) is 5.54 Å². The van der Waals surface area contributed by atoms with Crippen molar-refractivity contribution < 1.29 is 9.15 Å². The molecule has 1 aromatic heterocycles. The summed E-state index contributed by atoms with van der Waals surface area (Å²) in [6.45, 7) is 13.9. The van der Waals surface area contributed by atoms with Crippen molar-refractivity contribution in [3.8, 4) is 17.2 Å². The molecule has 0 saturated carbocycles. The van der Waals surface area contributed by atoms with Crippen LogP contribution in [0.4, 0.5) is 0 Å². The summed E-state index contributed by atoms with van der Waals surface area (Å²) in [5.41, 5.74) is 6.44. The van der Waals surface area contributed by atoms with Gasteiger partial charge in [0, 0.05) is 11.5 Å². The Bertz CT molecular complexity index is 707. The average molecular weight is 329 g/mol. The van der Waals surface area contributed by atoms with Gasteiger partial charge >= 0.3 is 0 Å². The molecule has 124 valence electrons. The molecule has 0 saturated heterocycles. The molecule has 0 aliphatic rings. The summed E-state index contributed by atoms with van der Waals surface area (Å²) >= 11 is 0. The summed E-state index contributed by atoms with van der Waals surface area (Å²) in [7, 11) is -0.0465. The standard InChI is InChI=1S/C20H28O2Si/c1-14(2)23(15(3)4,16(5)6)11-10-19-13-17-12-18(21-7)8-9-20(17)22-19/h8-9,12-16H,1-7H3. The van der Waals surface area contributed by atoms with E-state index in [1.165, 1.54) is 0 Å². The predicted octanol–water partition coefficient (Wildman–Crippen LogP) is 6.01. The number of hydrogen-bond donors (Lipinski definition) is 0. The van der Waals surface area contributed by atoms with E-state index in [-0.39, 0.29) is 0 Å². The summed E-state index contributed by atoms with van der Waals surface area (Å²) in [6.07, 6.45) is 0. The highest BCUT2D eigenvalue weighted by molar-refractivity contribution is 6.90. The molecular formula is C20H28O2Si. The smallest absolute Gasteiger partial charge is 0.177 e. The van der Waals surface area contributed by atoms with Gasteiger partial charge in [-0.2, -0.15) is 0 Å². The SMILES string of the molecule is COc1ccc2oc(C#C[Si](C(C)C)(C(C)C)C(C)C)cc2c1. The third-order valence-corrected chi connectivity index (χ3v) is 11.3. The van der Waals surface area contributed by atoms with Crippen LogP contribution in [0.5, 0.6) is 5.75 Å². The minimum Gasteiger partial charge on any atom is -0.497 e. The van der Waals surface area contributed by atoms with Crippen molar-refractivity contribution in [2.75, 3.05) is 7.11 Å². The molecule has 0 amide bonds. The van der Waals surface area contributed by atoms with Crippen LogP contribution < -0.4 is 4.74 Å². The first-order chi connectivity index (χ1) is 10.8. The molecule has 0 fully saturated rings. The van der Waals surface area contributed by atoms with E-state index in [2.05, 4.69) is 53.0 Å². The molecule has 1 aromatic carbocycles. The number of hydrogen-bond acceptors (Lipinski definition) is 2. The van der Waals surface area contributed by atoms with Crippen molar-refractivity contribution in [3.63, 3.8) is 0 Å². The first-order valence-corrected chi connectivity index (χ1v) is 10.6. The zero-order valence-corrected chi connectivity index (χ0v) is 16.4.